The number of rotatable bonds is 4. The summed E-state index contributed by atoms with van der Waals surface area (Å²) in [5.41, 5.74) is 3.57. The van der Waals surface area contributed by atoms with Crippen LogP contribution in [0.4, 0.5) is 5.69 Å². The Kier molecular flexibility index (Phi) is 4.50. The molecular weight excluding hydrogens is 342 g/mol. The summed E-state index contributed by atoms with van der Waals surface area (Å²) < 4.78 is 2.07. The van der Waals surface area contributed by atoms with Crippen LogP contribution in [0.3, 0.4) is 0 Å². The number of nitrogens with one attached hydrogen (secondary N) is 2. The van der Waals surface area contributed by atoms with Gasteiger partial charge in [0.25, 0.3) is 5.91 Å². The average Bonchev–Trinajstić information content (AvgIpc) is 3.02. The minimum atomic E-state index is -0.119. The molecule has 2 N–H and O–H groups in total. The Hall–Kier alpha value is -3.35. The molecule has 1 fully saturated rings. The van der Waals surface area contributed by atoms with E-state index in [1.807, 2.05) is 43.4 Å². The molecule has 0 aliphatic carbocycles. The number of amides is 2. The molecule has 7 heteroatoms. The van der Waals surface area contributed by atoms with Crippen LogP contribution in [0, 0.1) is 0 Å². The van der Waals surface area contributed by atoms with Gasteiger partial charge in [-0.05, 0) is 36.4 Å². The zero-order chi connectivity index (χ0) is 18.8. The maximum atomic E-state index is 12.5. The van der Waals surface area contributed by atoms with E-state index in [1.165, 1.54) is 0 Å². The number of imidazole rings is 1. The fraction of sp³-hybridized carbons (Fsp3) is 0.250. The summed E-state index contributed by atoms with van der Waals surface area (Å²) in [6, 6.07) is 15.3. The second-order valence-corrected chi connectivity index (χ2v) is 6.58. The molecule has 0 radical (unpaired) electrons. The molecule has 1 aliphatic heterocycles. The molecule has 138 valence electrons. The Morgan fingerprint density at radius 3 is 2.70 bits per heavy atom. The molecule has 7 nitrogen and oxygen atoms in total. The van der Waals surface area contributed by atoms with Crippen LogP contribution >= 0.6 is 0 Å². The van der Waals surface area contributed by atoms with Crippen LogP contribution in [0.2, 0.25) is 0 Å². The fourth-order valence-corrected chi connectivity index (χ4v) is 3.26. The topological polar surface area (TPSA) is 79.3 Å². The standard InChI is InChI=1S/C20H21N5O2/c1-24-17-5-3-2-4-16(17)23-18(24)12-22-15-8-6-14(7-9-15)20(27)25-11-10-21-19(26)13-25/h2-9,22H,10-13H2,1H3,(H,21,26). The smallest absolute Gasteiger partial charge is 0.254 e. The summed E-state index contributed by atoms with van der Waals surface area (Å²) in [6.07, 6.45) is 0. The van der Waals surface area contributed by atoms with Gasteiger partial charge in [0.15, 0.2) is 0 Å². The predicted octanol–water partition coefficient (Wildman–Crippen LogP) is 1.76. The molecule has 27 heavy (non-hydrogen) atoms. The lowest BCUT2D eigenvalue weighted by molar-refractivity contribution is -0.123. The summed E-state index contributed by atoms with van der Waals surface area (Å²) >= 11 is 0. The van der Waals surface area contributed by atoms with Crippen LogP contribution in [0.5, 0.6) is 0 Å². The highest BCUT2D eigenvalue weighted by atomic mass is 16.2. The molecule has 1 saturated heterocycles. The summed E-state index contributed by atoms with van der Waals surface area (Å²) in [4.78, 5) is 30.2. The first-order valence-electron chi connectivity index (χ1n) is 8.92. The third-order valence-electron chi connectivity index (χ3n) is 4.79. The van der Waals surface area contributed by atoms with Gasteiger partial charge in [0.05, 0.1) is 24.1 Å². The number of carbonyl (C=O) groups is 2. The number of anilines is 1. The van der Waals surface area contributed by atoms with Gasteiger partial charge in [-0.3, -0.25) is 9.59 Å². The zero-order valence-electron chi connectivity index (χ0n) is 15.1. The van der Waals surface area contributed by atoms with Gasteiger partial charge >= 0.3 is 0 Å². The van der Waals surface area contributed by atoms with E-state index in [-0.39, 0.29) is 18.4 Å². The molecule has 1 aromatic heterocycles. The molecule has 2 aromatic carbocycles. The third-order valence-corrected chi connectivity index (χ3v) is 4.79. The third kappa shape index (κ3) is 3.48. The molecular formula is C20H21N5O2. The van der Waals surface area contributed by atoms with Crippen LogP contribution in [-0.2, 0) is 18.4 Å². The average molecular weight is 363 g/mol. The van der Waals surface area contributed by atoms with Crippen molar-refractivity contribution in [1.29, 1.82) is 0 Å². The summed E-state index contributed by atoms with van der Waals surface area (Å²) in [7, 11) is 2.00. The van der Waals surface area contributed by atoms with Crippen LogP contribution in [0.15, 0.2) is 48.5 Å². The zero-order valence-corrected chi connectivity index (χ0v) is 15.1. The van der Waals surface area contributed by atoms with Gasteiger partial charge in [-0.2, -0.15) is 0 Å². The van der Waals surface area contributed by atoms with Gasteiger partial charge < -0.3 is 20.1 Å². The van der Waals surface area contributed by atoms with Gasteiger partial charge in [-0.1, -0.05) is 12.1 Å². The van der Waals surface area contributed by atoms with Gasteiger partial charge in [0.1, 0.15) is 5.82 Å². The minimum Gasteiger partial charge on any atom is -0.378 e. The van der Waals surface area contributed by atoms with Crippen LogP contribution in [-0.4, -0.2) is 45.9 Å². The highest BCUT2D eigenvalue weighted by Gasteiger charge is 2.22. The number of aryl methyl sites for hydroxylation is 1. The second-order valence-electron chi connectivity index (χ2n) is 6.58. The second kappa shape index (κ2) is 7.11. The van der Waals surface area contributed by atoms with Crippen molar-refractivity contribution in [2.45, 2.75) is 6.54 Å². The number of para-hydroxylation sites is 2. The fourth-order valence-electron chi connectivity index (χ4n) is 3.26. The Morgan fingerprint density at radius 1 is 1.19 bits per heavy atom. The first-order chi connectivity index (χ1) is 13.1. The van der Waals surface area contributed by atoms with Gasteiger partial charge in [0, 0.05) is 31.4 Å². The van der Waals surface area contributed by atoms with E-state index >= 15 is 0 Å². The molecule has 0 atom stereocenters. The van der Waals surface area contributed by atoms with E-state index < -0.39 is 0 Å². The Labute approximate surface area is 157 Å². The van der Waals surface area contributed by atoms with Crippen molar-refractivity contribution in [3.8, 4) is 0 Å². The van der Waals surface area contributed by atoms with Crippen LogP contribution < -0.4 is 10.6 Å². The predicted molar refractivity (Wildman–Crippen MR) is 103 cm³/mol. The van der Waals surface area contributed by atoms with Crippen LogP contribution in [0.25, 0.3) is 11.0 Å². The number of carbonyl (C=O) groups excluding carboxylic acids is 2. The van der Waals surface area contributed by atoms with Gasteiger partial charge in [-0.25, -0.2) is 4.98 Å². The van der Waals surface area contributed by atoms with Crippen molar-refractivity contribution in [2.75, 3.05) is 25.0 Å². The molecule has 0 bridgehead atoms. The number of nitrogens with zero attached hydrogens (tertiary/aromatic N) is 3. The van der Waals surface area contributed by atoms with E-state index in [1.54, 1.807) is 17.0 Å². The van der Waals surface area contributed by atoms with E-state index in [4.69, 9.17) is 0 Å². The Balaban J connectivity index is 1.42. The highest BCUT2D eigenvalue weighted by molar-refractivity contribution is 5.97. The lowest BCUT2D eigenvalue weighted by Gasteiger charge is -2.26. The molecule has 0 spiro atoms. The van der Waals surface area contributed by atoms with Crippen molar-refractivity contribution in [3.63, 3.8) is 0 Å². The number of fused-ring (bicyclic) bond motifs is 1. The Morgan fingerprint density at radius 2 is 1.96 bits per heavy atom. The maximum absolute atomic E-state index is 12.5. The van der Waals surface area contributed by atoms with E-state index in [0.29, 0.717) is 25.2 Å². The van der Waals surface area contributed by atoms with Crippen molar-refractivity contribution < 1.29 is 9.59 Å². The maximum Gasteiger partial charge on any atom is 0.254 e. The van der Waals surface area contributed by atoms with Gasteiger partial charge in [0.2, 0.25) is 5.91 Å². The minimum absolute atomic E-state index is 0.115. The molecule has 0 unspecified atom stereocenters. The monoisotopic (exact) mass is 363 g/mol. The van der Waals surface area contributed by atoms with Crippen LogP contribution in [0.1, 0.15) is 16.2 Å². The largest absolute Gasteiger partial charge is 0.378 e. The van der Waals surface area contributed by atoms with Gasteiger partial charge in [-0.15, -0.1) is 0 Å². The highest BCUT2D eigenvalue weighted by Crippen LogP contribution is 2.17. The molecule has 4 rings (SSSR count). The summed E-state index contributed by atoms with van der Waals surface area (Å²) in [5.74, 6) is 0.706. The quantitative estimate of drug-likeness (QED) is 0.740. The SMILES string of the molecule is Cn1c(CNc2ccc(C(=O)N3CCNC(=O)C3)cc2)nc2ccccc21. The van der Waals surface area contributed by atoms with E-state index in [9.17, 15) is 9.59 Å². The van der Waals surface area contributed by atoms with E-state index in [0.717, 1.165) is 22.5 Å². The molecule has 2 heterocycles. The van der Waals surface area contributed by atoms with Crippen molar-refractivity contribution >= 4 is 28.5 Å². The summed E-state index contributed by atoms with van der Waals surface area (Å²) in [5, 5.41) is 6.07. The molecule has 3 aromatic rings. The lowest BCUT2D eigenvalue weighted by Crippen LogP contribution is -2.49. The molecule has 1 aliphatic rings. The van der Waals surface area contributed by atoms with Crippen molar-refractivity contribution in [1.82, 2.24) is 19.8 Å². The van der Waals surface area contributed by atoms with Crippen molar-refractivity contribution in [3.05, 3.63) is 59.9 Å². The normalized spacial score (nSPS) is 14.3. The number of piperazine rings is 1. The summed E-state index contributed by atoms with van der Waals surface area (Å²) in [6.45, 7) is 1.75. The number of aromatic nitrogens is 2. The number of hydrogen-bond donors (Lipinski definition) is 2. The first kappa shape index (κ1) is 17.1. The van der Waals surface area contributed by atoms with E-state index in [2.05, 4.69) is 20.2 Å². The molecule has 2 amide bonds. The number of hydrogen-bond acceptors (Lipinski definition) is 4. The Bertz CT molecular complexity index is 993. The molecule has 0 saturated carbocycles. The number of benzene rings is 2. The first-order valence-corrected chi connectivity index (χ1v) is 8.92. The van der Waals surface area contributed by atoms with Crippen molar-refractivity contribution in [2.24, 2.45) is 7.05 Å². The lowest BCUT2D eigenvalue weighted by atomic mass is 10.1.